The van der Waals surface area contributed by atoms with Crippen LogP contribution in [0.5, 0.6) is 5.75 Å². The van der Waals surface area contributed by atoms with E-state index in [9.17, 15) is 5.11 Å². The van der Waals surface area contributed by atoms with E-state index in [0.29, 0.717) is 12.1 Å². The van der Waals surface area contributed by atoms with Crippen molar-refractivity contribution in [3.05, 3.63) is 23.8 Å². The lowest BCUT2D eigenvalue weighted by Crippen LogP contribution is -2.31. The molecule has 1 aliphatic carbocycles. The smallest absolute Gasteiger partial charge is 0.124 e. The van der Waals surface area contributed by atoms with Crippen molar-refractivity contribution < 1.29 is 9.84 Å². The minimum absolute atomic E-state index is 0.00790. The summed E-state index contributed by atoms with van der Waals surface area (Å²) in [6.45, 7) is 3.47. The largest absolute Gasteiger partial charge is 0.496 e. The van der Waals surface area contributed by atoms with Crippen LogP contribution in [0.4, 0.5) is 5.69 Å². The van der Waals surface area contributed by atoms with Crippen LogP contribution >= 0.6 is 0 Å². The molecule has 2 atom stereocenters. The van der Waals surface area contributed by atoms with Gasteiger partial charge >= 0.3 is 0 Å². The summed E-state index contributed by atoms with van der Waals surface area (Å²) in [6.07, 6.45) is 3.93. The molecule has 2 N–H and O–H groups in total. The van der Waals surface area contributed by atoms with Crippen molar-refractivity contribution in [3.8, 4) is 5.75 Å². The first-order chi connectivity index (χ1) is 9.71. The van der Waals surface area contributed by atoms with Crippen LogP contribution in [-0.2, 0) is 6.61 Å². The van der Waals surface area contributed by atoms with Gasteiger partial charge in [-0.3, -0.25) is 4.90 Å². The van der Waals surface area contributed by atoms with Gasteiger partial charge in [0, 0.05) is 35.9 Å². The molecule has 0 amide bonds. The Bertz CT molecular complexity index is 474. The molecule has 1 aromatic rings. The van der Waals surface area contributed by atoms with Crippen molar-refractivity contribution >= 4 is 5.69 Å². The van der Waals surface area contributed by atoms with Gasteiger partial charge in [-0.05, 0) is 44.4 Å². The predicted octanol–water partition coefficient (Wildman–Crippen LogP) is 2.22. The van der Waals surface area contributed by atoms with E-state index in [0.717, 1.165) is 29.6 Å². The van der Waals surface area contributed by atoms with Gasteiger partial charge in [0.1, 0.15) is 5.75 Å². The molecule has 2 fully saturated rings. The van der Waals surface area contributed by atoms with Gasteiger partial charge in [-0.1, -0.05) is 0 Å². The minimum Gasteiger partial charge on any atom is -0.496 e. The molecule has 110 valence electrons. The van der Waals surface area contributed by atoms with E-state index in [4.69, 9.17) is 4.74 Å². The highest BCUT2D eigenvalue weighted by molar-refractivity contribution is 5.51. The zero-order valence-corrected chi connectivity index (χ0v) is 12.3. The molecule has 1 heterocycles. The number of benzene rings is 1. The molecule has 2 unspecified atom stereocenters. The summed E-state index contributed by atoms with van der Waals surface area (Å²) in [5, 5.41) is 13.0. The summed E-state index contributed by atoms with van der Waals surface area (Å²) in [5.41, 5.74) is 1.91. The molecule has 1 saturated heterocycles. The van der Waals surface area contributed by atoms with Crippen LogP contribution < -0.4 is 10.1 Å². The maximum atomic E-state index is 9.38. The molecular weight excluding hydrogens is 252 g/mol. The average molecular weight is 276 g/mol. The first-order valence-electron chi connectivity index (χ1n) is 7.51. The van der Waals surface area contributed by atoms with Crippen LogP contribution in [0, 0.1) is 0 Å². The van der Waals surface area contributed by atoms with Gasteiger partial charge in [0.2, 0.25) is 0 Å². The first kappa shape index (κ1) is 13.7. The number of anilines is 1. The van der Waals surface area contributed by atoms with Crippen LogP contribution in [0.1, 0.15) is 31.7 Å². The van der Waals surface area contributed by atoms with Crippen molar-refractivity contribution in [1.29, 1.82) is 0 Å². The van der Waals surface area contributed by atoms with Crippen LogP contribution in [0.3, 0.4) is 0 Å². The summed E-state index contributed by atoms with van der Waals surface area (Å²) >= 11 is 0. The summed E-state index contributed by atoms with van der Waals surface area (Å²) in [6, 6.07) is 7.96. The molecule has 20 heavy (non-hydrogen) atoms. The van der Waals surface area contributed by atoms with E-state index in [2.05, 4.69) is 17.1 Å². The Kier molecular flexibility index (Phi) is 3.85. The number of ether oxygens (including phenoxy) is 1. The number of methoxy groups -OCH3 is 1. The molecule has 0 radical (unpaired) electrons. The Morgan fingerprint density at radius 1 is 1.40 bits per heavy atom. The fourth-order valence-corrected chi connectivity index (χ4v) is 3.30. The fraction of sp³-hybridized carbons (Fsp3) is 0.625. The third-order valence-corrected chi connectivity index (χ3v) is 4.46. The Hall–Kier alpha value is -1.26. The summed E-state index contributed by atoms with van der Waals surface area (Å²) in [7, 11) is 1.63. The summed E-state index contributed by atoms with van der Waals surface area (Å²) < 4.78 is 5.24. The number of likely N-dealkylation sites (tertiary alicyclic amines) is 1. The van der Waals surface area contributed by atoms with E-state index in [-0.39, 0.29) is 6.61 Å². The maximum Gasteiger partial charge on any atom is 0.124 e. The van der Waals surface area contributed by atoms with Crippen molar-refractivity contribution in [2.75, 3.05) is 19.0 Å². The fourth-order valence-electron chi connectivity index (χ4n) is 3.30. The zero-order valence-electron chi connectivity index (χ0n) is 12.3. The standard InChI is InChI=1S/C16H24N2O2/c1-11-7-14(9-18(11)15-4-5-15)17-13-3-6-16(20-2)12(8-13)10-19/h3,6,8,11,14-15,17,19H,4-5,7,9-10H2,1-2H3. The Labute approximate surface area is 120 Å². The average Bonchev–Trinajstić information content (AvgIpc) is 3.23. The van der Waals surface area contributed by atoms with E-state index in [1.807, 2.05) is 18.2 Å². The predicted molar refractivity (Wildman–Crippen MR) is 80.1 cm³/mol. The van der Waals surface area contributed by atoms with Gasteiger partial charge in [0.15, 0.2) is 0 Å². The number of hydrogen-bond donors (Lipinski definition) is 2. The quantitative estimate of drug-likeness (QED) is 0.865. The highest BCUT2D eigenvalue weighted by atomic mass is 16.5. The van der Waals surface area contributed by atoms with Gasteiger partial charge in [0.25, 0.3) is 0 Å². The molecule has 1 saturated carbocycles. The van der Waals surface area contributed by atoms with Crippen LogP contribution in [0.25, 0.3) is 0 Å². The minimum atomic E-state index is 0.00790. The SMILES string of the molecule is COc1ccc(NC2CC(C)N(C3CC3)C2)cc1CO. The maximum absolute atomic E-state index is 9.38. The highest BCUT2D eigenvalue weighted by Crippen LogP contribution is 2.34. The van der Waals surface area contributed by atoms with Gasteiger partial charge in [0.05, 0.1) is 13.7 Å². The molecule has 4 nitrogen and oxygen atoms in total. The van der Waals surface area contributed by atoms with Gasteiger partial charge in [-0.25, -0.2) is 0 Å². The van der Waals surface area contributed by atoms with Crippen LogP contribution in [-0.4, -0.2) is 41.8 Å². The van der Waals surface area contributed by atoms with Crippen molar-refractivity contribution in [3.63, 3.8) is 0 Å². The molecule has 0 spiro atoms. The lowest BCUT2D eigenvalue weighted by molar-refractivity contribution is 0.257. The normalized spacial score (nSPS) is 26.8. The second kappa shape index (κ2) is 5.62. The van der Waals surface area contributed by atoms with Gasteiger partial charge < -0.3 is 15.2 Å². The van der Waals surface area contributed by atoms with E-state index < -0.39 is 0 Å². The lowest BCUT2D eigenvalue weighted by atomic mass is 10.1. The molecule has 4 heteroatoms. The first-order valence-corrected chi connectivity index (χ1v) is 7.51. The number of aliphatic hydroxyl groups excluding tert-OH is 1. The number of nitrogens with zero attached hydrogens (tertiary/aromatic N) is 1. The topological polar surface area (TPSA) is 44.7 Å². The number of rotatable bonds is 5. The summed E-state index contributed by atoms with van der Waals surface area (Å²) in [5.74, 6) is 0.748. The van der Waals surface area contributed by atoms with E-state index in [1.54, 1.807) is 7.11 Å². The molecule has 1 aromatic carbocycles. The van der Waals surface area contributed by atoms with E-state index >= 15 is 0 Å². The zero-order chi connectivity index (χ0) is 14.1. The van der Waals surface area contributed by atoms with Gasteiger partial charge in [-0.15, -0.1) is 0 Å². The second-order valence-electron chi connectivity index (χ2n) is 6.04. The lowest BCUT2D eigenvalue weighted by Gasteiger charge is -2.20. The second-order valence-corrected chi connectivity index (χ2v) is 6.04. The molecule has 3 rings (SSSR count). The monoisotopic (exact) mass is 276 g/mol. The number of nitrogens with one attached hydrogen (secondary N) is 1. The molecule has 0 bridgehead atoms. The molecule has 1 aliphatic heterocycles. The number of hydrogen-bond acceptors (Lipinski definition) is 4. The van der Waals surface area contributed by atoms with E-state index in [1.165, 1.54) is 19.3 Å². The Morgan fingerprint density at radius 3 is 2.85 bits per heavy atom. The summed E-state index contributed by atoms with van der Waals surface area (Å²) in [4.78, 5) is 2.63. The molecule has 0 aromatic heterocycles. The van der Waals surface area contributed by atoms with Crippen molar-refractivity contribution in [2.24, 2.45) is 0 Å². The van der Waals surface area contributed by atoms with Crippen molar-refractivity contribution in [1.82, 2.24) is 4.90 Å². The van der Waals surface area contributed by atoms with Crippen LogP contribution in [0.2, 0.25) is 0 Å². The third-order valence-electron chi connectivity index (χ3n) is 4.46. The highest BCUT2D eigenvalue weighted by Gasteiger charge is 2.38. The third kappa shape index (κ3) is 2.76. The van der Waals surface area contributed by atoms with Gasteiger partial charge in [-0.2, -0.15) is 0 Å². The van der Waals surface area contributed by atoms with Crippen molar-refractivity contribution in [2.45, 2.75) is 50.9 Å². The molecular formula is C16H24N2O2. The number of aliphatic hydroxyl groups is 1. The van der Waals surface area contributed by atoms with Crippen LogP contribution in [0.15, 0.2) is 18.2 Å². The Balaban J connectivity index is 1.66. The Morgan fingerprint density at radius 2 is 2.20 bits per heavy atom. The molecule has 2 aliphatic rings.